The lowest BCUT2D eigenvalue weighted by Crippen LogP contribution is -2.18. The van der Waals surface area contributed by atoms with Crippen LogP contribution in [0.4, 0.5) is 14.9 Å². The smallest absolute Gasteiger partial charge is 0.354 e. The van der Waals surface area contributed by atoms with E-state index in [1.807, 2.05) is 27.7 Å². The quantitative estimate of drug-likeness (QED) is 0.622. The molecular weight excluding hydrogens is 415 g/mol. The van der Waals surface area contributed by atoms with Crippen molar-refractivity contribution in [2.24, 2.45) is 9.50 Å². The number of nitrogens with zero attached hydrogens (tertiary/aromatic N) is 2. The van der Waals surface area contributed by atoms with E-state index < -0.39 is 27.4 Å². The first-order valence-electron chi connectivity index (χ1n) is 9.10. The lowest BCUT2D eigenvalue weighted by atomic mass is 9.92. The van der Waals surface area contributed by atoms with Crippen molar-refractivity contribution < 1.29 is 18.5 Å². The zero-order valence-electron chi connectivity index (χ0n) is 17.3. The van der Waals surface area contributed by atoms with Gasteiger partial charge in [-0.05, 0) is 48.9 Å². The summed E-state index contributed by atoms with van der Waals surface area (Å²) in [5.74, 6) is -0.507. The summed E-state index contributed by atoms with van der Waals surface area (Å²) in [5.41, 5.74) is 0.445. The molecule has 29 heavy (non-hydrogen) atoms. The number of carbonyl (C=O) groups is 1. The van der Waals surface area contributed by atoms with Crippen LogP contribution in [-0.4, -0.2) is 20.3 Å². The SMILES string of the molecule is CC(C)c1cc(F)cc(C(C)C)c1NC(=O)N=[S@@](N)(=O)c1cnc(C(C)(C)O)s1. The highest BCUT2D eigenvalue weighted by Gasteiger charge is 2.24. The highest BCUT2D eigenvalue weighted by Crippen LogP contribution is 2.34. The first-order chi connectivity index (χ1) is 13.2. The van der Waals surface area contributed by atoms with Crippen LogP contribution in [0.1, 0.15) is 69.5 Å². The maximum Gasteiger partial charge on any atom is 0.354 e. The first kappa shape index (κ1) is 23.4. The van der Waals surface area contributed by atoms with Crippen molar-refractivity contribution in [1.29, 1.82) is 0 Å². The molecule has 2 amide bonds. The van der Waals surface area contributed by atoms with Gasteiger partial charge in [-0.2, -0.15) is 0 Å². The normalized spacial score (nSPS) is 14.2. The highest BCUT2D eigenvalue weighted by atomic mass is 32.2. The van der Waals surface area contributed by atoms with E-state index in [-0.39, 0.29) is 16.0 Å². The topological polar surface area (TPSA) is 118 Å². The summed E-state index contributed by atoms with van der Waals surface area (Å²) < 4.78 is 30.6. The Morgan fingerprint density at radius 1 is 1.28 bits per heavy atom. The Morgan fingerprint density at radius 2 is 1.79 bits per heavy atom. The summed E-state index contributed by atoms with van der Waals surface area (Å²) >= 11 is 0.928. The lowest BCUT2D eigenvalue weighted by Gasteiger charge is -2.19. The Labute approximate surface area is 174 Å². The monoisotopic (exact) mass is 442 g/mol. The van der Waals surface area contributed by atoms with Gasteiger partial charge in [-0.25, -0.2) is 23.5 Å². The maximum absolute atomic E-state index is 14.0. The molecule has 0 saturated heterocycles. The number of aliphatic hydroxyl groups is 1. The number of hydrogen-bond donors (Lipinski definition) is 3. The fourth-order valence-electron chi connectivity index (χ4n) is 2.68. The van der Waals surface area contributed by atoms with E-state index in [0.717, 1.165) is 11.3 Å². The van der Waals surface area contributed by atoms with Crippen LogP contribution < -0.4 is 10.5 Å². The first-order valence-corrected chi connectivity index (χ1v) is 11.5. The van der Waals surface area contributed by atoms with Crippen molar-refractivity contribution in [3.63, 3.8) is 0 Å². The molecule has 1 heterocycles. The summed E-state index contributed by atoms with van der Waals surface area (Å²) in [7, 11) is -3.56. The van der Waals surface area contributed by atoms with Crippen LogP contribution in [0.2, 0.25) is 0 Å². The lowest BCUT2D eigenvalue weighted by molar-refractivity contribution is 0.0783. The second kappa shape index (κ2) is 8.47. The molecule has 0 aliphatic carbocycles. The molecule has 0 aliphatic heterocycles. The molecule has 2 rings (SSSR count). The Balaban J connectivity index is 2.44. The fourth-order valence-corrected chi connectivity index (χ4v) is 4.74. The summed E-state index contributed by atoms with van der Waals surface area (Å²) in [5, 5.41) is 18.7. The Morgan fingerprint density at radius 3 is 2.21 bits per heavy atom. The Hall–Kier alpha value is -1.88. The highest BCUT2D eigenvalue weighted by molar-refractivity contribution is 7.93. The van der Waals surface area contributed by atoms with Crippen LogP contribution in [0.5, 0.6) is 0 Å². The van der Waals surface area contributed by atoms with Gasteiger partial charge in [0.2, 0.25) is 0 Å². The van der Waals surface area contributed by atoms with Crippen molar-refractivity contribution in [2.75, 3.05) is 5.32 Å². The van der Waals surface area contributed by atoms with Crippen LogP contribution in [0.3, 0.4) is 0 Å². The Kier molecular flexibility index (Phi) is 6.83. The third kappa shape index (κ3) is 5.59. The Bertz CT molecular complexity index is 1000. The third-order valence-electron chi connectivity index (χ3n) is 4.15. The number of halogens is 1. The van der Waals surface area contributed by atoms with Gasteiger partial charge in [0.25, 0.3) is 0 Å². The minimum absolute atomic E-state index is 0.0587. The molecule has 160 valence electrons. The zero-order chi connectivity index (χ0) is 22.1. The average molecular weight is 443 g/mol. The van der Waals surface area contributed by atoms with Crippen molar-refractivity contribution in [3.05, 3.63) is 40.3 Å². The minimum Gasteiger partial charge on any atom is -0.383 e. The number of benzene rings is 1. The van der Waals surface area contributed by atoms with Gasteiger partial charge >= 0.3 is 6.03 Å². The van der Waals surface area contributed by atoms with Crippen molar-refractivity contribution in [2.45, 2.75) is 63.2 Å². The number of amides is 2. The van der Waals surface area contributed by atoms with E-state index in [4.69, 9.17) is 5.14 Å². The van der Waals surface area contributed by atoms with E-state index >= 15 is 0 Å². The molecule has 0 saturated carbocycles. The predicted octanol–water partition coefficient (Wildman–Crippen LogP) is 4.69. The average Bonchev–Trinajstić information content (AvgIpc) is 3.06. The number of urea groups is 1. The minimum atomic E-state index is -3.56. The molecule has 0 aliphatic rings. The standard InChI is InChI=1S/C19H27FN4O3S2/c1-10(2)13-7-12(20)8-14(11(3)4)16(13)23-18(25)24-29(21,27)15-9-22-17(28-15)19(5,6)26/h7-11,26H,1-6H3,(H3,21,23,24,25,27)/t29-/m1/s1. The van der Waals surface area contributed by atoms with Gasteiger partial charge in [0.15, 0.2) is 9.92 Å². The molecule has 0 unspecified atom stereocenters. The van der Waals surface area contributed by atoms with Crippen LogP contribution in [0.25, 0.3) is 0 Å². The second-order valence-corrected chi connectivity index (χ2v) is 11.0. The molecule has 1 atom stereocenters. The van der Waals surface area contributed by atoms with Gasteiger partial charge in [0, 0.05) is 5.69 Å². The summed E-state index contributed by atoms with van der Waals surface area (Å²) in [4.78, 5) is 16.5. The molecule has 0 spiro atoms. The van der Waals surface area contributed by atoms with E-state index in [0.29, 0.717) is 21.8 Å². The number of anilines is 1. The molecule has 0 radical (unpaired) electrons. The number of nitrogens with one attached hydrogen (secondary N) is 1. The summed E-state index contributed by atoms with van der Waals surface area (Å²) in [6.45, 7) is 10.6. The van der Waals surface area contributed by atoms with Gasteiger partial charge in [-0.3, -0.25) is 0 Å². The fraction of sp³-hybridized carbons (Fsp3) is 0.474. The predicted molar refractivity (Wildman–Crippen MR) is 114 cm³/mol. The summed E-state index contributed by atoms with van der Waals surface area (Å²) in [6.07, 6.45) is 1.24. The summed E-state index contributed by atoms with van der Waals surface area (Å²) in [6, 6.07) is 1.83. The van der Waals surface area contributed by atoms with Crippen molar-refractivity contribution in [1.82, 2.24) is 4.98 Å². The van der Waals surface area contributed by atoms with Gasteiger partial charge < -0.3 is 10.4 Å². The molecule has 7 nitrogen and oxygen atoms in total. The van der Waals surface area contributed by atoms with Crippen LogP contribution >= 0.6 is 11.3 Å². The van der Waals surface area contributed by atoms with E-state index in [9.17, 15) is 18.5 Å². The zero-order valence-corrected chi connectivity index (χ0v) is 18.9. The number of rotatable bonds is 5. The van der Waals surface area contributed by atoms with Gasteiger partial charge in [0.05, 0.1) is 6.20 Å². The number of aromatic nitrogens is 1. The van der Waals surface area contributed by atoms with E-state index in [1.165, 1.54) is 32.2 Å². The van der Waals surface area contributed by atoms with Crippen LogP contribution in [0, 0.1) is 5.82 Å². The number of hydrogen-bond acceptors (Lipinski definition) is 5. The van der Waals surface area contributed by atoms with Crippen molar-refractivity contribution in [3.8, 4) is 0 Å². The molecule has 2 aromatic rings. The number of nitrogens with two attached hydrogens (primary N) is 1. The van der Waals surface area contributed by atoms with Crippen LogP contribution in [-0.2, 0) is 15.5 Å². The second-order valence-electron chi connectivity index (χ2n) is 7.90. The molecule has 4 N–H and O–H groups in total. The molecule has 1 aromatic carbocycles. The molecule has 0 fully saturated rings. The van der Waals surface area contributed by atoms with E-state index in [1.54, 1.807) is 0 Å². The van der Waals surface area contributed by atoms with Crippen LogP contribution in [0.15, 0.2) is 26.9 Å². The third-order valence-corrected chi connectivity index (χ3v) is 7.34. The van der Waals surface area contributed by atoms with Gasteiger partial charge in [-0.1, -0.05) is 27.7 Å². The maximum atomic E-state index is 14.0. The number of thiazole rings is 1. The molecular formula is C19H27FN4O3S2. The molecule has 0 bridgehead atoms. The van der Waals surface area contributed by atoms with Gasteiger partial charge in [-0.15, -0.1) is 15.7 Å². The van der Waals surface area contributed by atoms with E-state index in [2.05, 4.69) is 14.7 Å². The van der Waals surface area contributed by atoms with Gasteiger partial charge in [0.1, 0.15) is 20.6 Å². The number of carbonyl (C=O) groups excluding carboxylic acids is 1. The van der Waals surface area contributed by atoms with Crippen molar-refractivity contribution >= 4 is 33.0 Å². The molecule has 1 aromatic heterocycles. The molecule has 10 heteroatoms. The largest absolute Gasteiger partial charge is 0.383 e.